The van der Waals surface area contributed by atoms with Gasteiger partial charge in [-0.1, -0.05) is 25.1 Å². The van der Waals surface area contributed by atoms with Crippen LogP contribution in [-0.4, -0.2) is 21.2 Å². The van der Waals surface area contributed by atoms with Crippen LogP contribution in [0.4, 0.5) is 4.39 Å². The molecule has 20 heavy (non-hydrogen) atoms. The second-order valence-electron chi connectivity index (χ2n) is 4.41. The molecule has 0 fully saturated rings. The molecule has 2 aromatic rings. The lowest BCUT2D eigenvalue weighted by molar-refractivity contribution is 0.0690. The first-order valence-electron chi connectivity index (χ1n) is 5.96. The summed E-state index contributed by atoms with van der Waals surface area (Å²) < 4.78 is 23.7. The number of benzene rings is 1. The van der Waals surface area contributed by atoms with Crippen LogP contribution in [0.25, 0.3) is 0 Å². The summed E-state index contributed by atoms with van der Waals surface area (Å²) in [6, 6.07) is 3.69. The number of nitrogens with zero attached hydrogens (tertiary/aromatic N) is 2. The highest BCUT2D eigenvalue weighted by atomic mass is 19.1. The highest BCUT2D eigenvalue weighted by Gasteiger charge is 2.17. The molecule has 2 rings (SSSR count). The largest absolute Gasteiger partial charge is 0.481 e. The number of aromatic carboxylic acids is 1. The van der Waals surface area contributed by atoms with Gasteiger partial charge in [-0.15, -0.1) is 0 Å². The second kappa shape index (κ2) is 5.68. The molecule has 1 aromatic heterocycles. The van der Waals surface area contributed by atoms with Crippen LogP contribution in [0, 0.1) is 5.82 Å². The van der Waals surface area contributed by atoms with Crippen molar-refractivity contribution in [1.82, 2.24) is 10.1 Å². The van der Waals surface area contributed by atoms with E-state index in [1.165, 1.54) is 12.1 Å². The van der Waals surface area contributed by atoms with Gasteiger partial charge < -0.3 is 14.4 Å². The van der Waals surface area contributed by atoms with Crippen molar-refractivity contribution in [2.45, 2.75) is 26.4 Å². The van der Waals surface area contributed by atoms with Crippen LogP contribution in [0.1, 0.15) is 41.8 Å². The lowest BCUT2D eigenvalue weighted by Crippen LogP contribution is -2.06. The van der Waals surface area contributed by atoms with Gasteiger partial charge >= 0.3 is 5.97 Å². The Kier molecular flexibility index (Phi) is 3.97. The lowest BCUT2D eigenvalue weighted by Gasteiger charge is -2.07. The predicted octanol–water partition coefficient (Wildman–Crippen LogP) is 2.61. The summed E-state index contributed by atoms with van der Waals surface area (Å²) in [4.78, 5) is 15.0. The van der Waals surface area contributed by atoms with E-state index in [0.717, 1.165) is 6.07 Å². The van der Waals surface area contributed by atoms with E-state index in [1.54, 1.807) is 0 Å². The van der Waals surface area contributed by atoms with E-state index < -0.39 is 11.8 Å². The molecule has 0 amide bonds. The standard InChI is InChI=1S/C13H13FN2O4/c1-7(2)12-15-10(16-20-12)6-19-11-8(13(17)18)4-3-5-9(11)14/h3-5,7H,6H2,1-2H3,(H,17,18). The summed E-state index contributed by atoms with van der Waals surface area (Å²) >= 11 is 0. The molecule has 0 radical (unpaired) electrons. The van der Waals surface area contributed by atoms with Crippen LogP contribution < -0.4 is 4.74 Å². The number of para-hydroxylation sites is 1. The van der Waals surface area contributed by atoms with Crippen LogP contribution in [0.5, 0.6) is 5.75 Å². The molecule has 0 unspecified atom stereocenters. The van der Waals surface area contributed by atoms with Crippen LogP contribution in [-0.2, 0) is 6.61 Å². The Bertz CT molecular complexity index is 625. The number of carbonyl (C=O) groups is 1. The third-order valence-electron chi connectivity index (χ3n) is 2.52. The molecule has 0 atom stereocenters. The van der Waals surface area contributed by atoms with Gasteiger partial charge in [0.2, 0.25) is 11.7 Å². The van der Waals surface area contributed by atoms with E-state index in [2.05, 4.69) is 10.1 Å². The summed E-state index contributed by atoms with van der Waals surface area (Å²) in [7, 11) is 0. The molecule has 0 saturated carbocycles. The number of carboxylic acid groups (broad SMARTS) is 1. The number of aromatic nitrogens is 2. The van der Waals surface area contributed by atoms with E-state index >= 15 is 0 Å². The third kappa shape index (κ3) is 2.93. The van der Waals surface area contributed by atoms with Crippen molar-refractivity contribution in [3.63, 3.8) is 0 Å². The minimum Gasteiger partial charge on any atom is -0.481 e. The molecule has 0 saturated heterocycles. The fourth-order valence-electron chi connectivity index (χ4n) is 1.52. The molecule has 6 nitrogen and oxygen atoms in total. The summed E-state index contributed by atoms with van der Waals surface area (Å²) in [5, 5.41) is 12.6. The van der Waals surface area contributed by atoms with Gasteiger partial charge in [0.25, 0.3) is 0 Å². The Labute approximate surface area is 114 Å². The smallest absolute Gasteiger partial charge is 0.339 e. The van der Waals surface area contributed by atoms with Crippen LogP contribution in [0.3, 0.4) is 0 Å². The Morgan fingerprint density at radius 3 is 2.85 bits per heavy atom. The Morgan fingerprint density at radius 2 is 2.25 bits per heavy atom. The van der Waals surface area contributed by atoms with Crippen LogP contribution >= 0.6 is 0 Å². The quantitative estimate of drug-likeness (QED) is 0.906. The van der Waals surface area contributed by atoms with Gasteiger partial charge in [-0.3, -0.25) is 0 Å². The molecule has 0 spiro atoms. The molecular formula is C13H13FN2O4. The van der Waals surface area contributed by atoms with E-state index in [4.69, 9.17) is 14.4 Å². The predicted molar refractivity (Wildman–Crippen MR) is 66.1 cm³/mol. The summed E-state index contributed by atoms with van der Waals surface area (Å²) in [6.07, 6.45) is 0. The zero-order valence-electron chi connectivity index (χ0n) is 11.0. The van der Waals surface area contributed by atoms with Gasteiger partial charge in [-0.05, 0) is 12.1 Å². The molecular weight excluding hydrogens is 267 g/mol. The zero-order chi connectivity index (χ0) is 14.7. The molecule has 106 valence electrons. The molecule has 1 heterocycles. The van der Waals surface area contributed by atoms with Crippen molar-refractivity contribution >= 4 is 5.97 Å². The van der Waals surface area contributed by atoms with Crippen molar-refractivity contribution in [2.75, 3.05) is 0 Å². The van der Waals surface area contributed by atoms with Crippen molar-refractivity contribution in [3.05, 3.63) is 41.3 Å². The van der Waals surface area contributed by atoms with Gasteiger partial charge in [0.05, 0.1) is 0 Å². The average molecular weight is 280 g/mol. The Morgan fingerprint density at radius 1 is 1.50 bits per heavy atom. The monoisotopic (exact) mass is 280 g/mol. The van der Waals surface area contributed by atoms with E-state index in [0.29, 0.717) is 5.89 Å². The highest BCUT2D eigenvalue weighted by molar-refractivity contribution is 5.90. The van der Waals surface area contributed by atoms with Gasteiger partial charge in [0.15, 0.2) is 18.2 Å². The SMILES string of the molecule is CC(C)c1nc(COc2c(F)cccc2C(=O)O)no1. The number of ether oxygens (including phenoxy) is 1. The van der Waals surface area contributed by atoms with Crippen molar-refractivity contribution in [3.8, 4) is 5.75 Å². The van der Waals surface area contributed by atoms with Gasteiger partial charge in [0.1, 0.15) is 5.56 Å². The summed E-state index contributed by atoms with van der Waals surface area (Å²) in [5.41, 5.74) is -0.252. The maximum Gasteiger partial charge on any atom is 0.339 e. The normalized spacial score (nSPS) is 10.8. The highest BCUT2D eigenvalue weighted by Crippen LogP contribution is 2.23. The maximum absolute atomic E-state index is 13.6. The number of halogens is 1. The summed E-state index contributed by atoms with van der Waals surface area (Å²) in [5.74, 6) is -1.62. The first kappa shape index (κ1) is 14.0. The molecule has 0 aliphatic carbocycles. The first-order valence-corrected chi connectivity index (χ1v) is 5.96. The van der Waals surface area contributed by atoms with E-state index in [9.17, 15) is 9.18 Å². The number of hydrogen-bond acceptors (Lipinski definition) is 5. The van der Waals surface area contributed by atoms with Crippen molar-refractivity contribution < 1.29 is 23.6 Å². The number of carboxylic acids is 1. The van der Waals surface area contributed by atoms with Crippen LogP contribution in [0.15, 0.2) is 22.7 Å². The van der Waals surface area contributed by atoms with Crippen LogP contribution in [0.2, 0.25) is 0 Å². The second-order valence-corrected chi connectivity index (χ2v) is 4.41. The molecule has 0 bridgehead atoms. The van der Waals surface area contributed by atoms with Gasteiger partial charge in [0, 0.05) is 5.92 Å². The van der Waals surface area contributed by atoms with Crippen molar-refractivity contribution in [1.29, 1.82) is 0 Å². The summed E-state index contributed by atoms with van der Waals surface area (Å²) in [6.45, 7) is 3.60. The molecule has 7 heteroatoms. The van der Waals surface area contributed by atoms with Gasteiger partial charge in [-0.2, -0.15) is 4.98 Å². The Hall–Kier alpha value is -2.44. The molecule has 1 N–H and O–H groups in total. The topological polar surface area (TPSA) is 85.5 Å². The van der Waals surface area contributed by atoms with Gasteiger partial charge in [-0.25, -0.2) is 9.18 Å². The molecule has 0 aliphatic heterocycles. The maximum atomic E-state index is 13.6. The molecule has 0 aliphatic rings. The minimum absolute atomic E-state index is 0.0688. The third-order valence-corrected chi connectivity index (χ3v) is 2.52. The van der Waals surface area contributed by atoms with E-state index in [-0.39, 0.29) is 29.7 Å². The molecule has 1 aromatic carbocycles. The number of rotatable bonds is 5. The number of hydrogen-bond donors (Lipinski definition) is 1. The lowest BCUT2D eigenvalue weighted by atomic mass is 10.2. The van der Waals surface area contributed by atoms with Crippen molar-refractivity contribution in [2.24, 2.45) is 0 Å². The minimum atomic E-state index is -1.27. The average Bonchev–Trinajstić information content (AvgIpc) is 2.86. The zero-order valence-corrected chi connectivity index (χ0v) is 11.0. The van der Waals surface area contributed by atoms with E-state index in [1.807, 2.05) is 13.8 Å². The fraction of sp³-hybridized carbons (Fsp3) is 0.308. The first-order chi connectivity index (χ1) is 9.49. The Balaban J connectivity index is 2.16. The fourth-order valence-corrected chi connectivity index (χ4v) is 1.52.